The Morgan fingerprint density at radius 3 is 2.38 bits per heavy atom. The number of benzene rings is 3. The minimum absolute atomic E-state index is 0.0139. The Morgan fingerprint density at radius 2 is 1.70 bits per heavy atom. The van der Waals surface area contributed by atoms with Crippen LogP contribution in [0.5, 0.6) is 5.75 Å². The Labute approximate surface area is 229 Å². The summed E-state index contributed by atoms with van der Waals surface area (Å²) < 4.78 is 5.39. The smallest absolute Gasteiger partial charge is 0.243 e. The average molecular weight is 539 g/mol. The van der Waals surface area contributed by atoms with Crippen LogP contribution in [-0.4, -0.2) is 41.7 Å². The number of nitrogens with one attached hydrogen (secondary N) is 1. The molecule has 37 heavy (non-hydrogen) atoms. The number of carbonyl (C=O) groups excluding carboxylic acids is 2. The van der Waals surface area contributed by atoms with Crippen molar-refractivity contribution in [2.24, 2.45) is 0 Å². The molecule has 0 radical (unpaired) electrons. The second-order valence-corrected chi connectivity index (χ2v) is 10.6. The molecule has 0 spiro atoms. The van der Waals surface area contributed by atoms with E-state index < -0.39 is 6.04 Å². The molecule has 0 aromatic heterocycles. The molecule has 3 aromatic carbocycles. The highest BCUT2D eigenvalue weighted by atomic mass is 35.5. The standard InChI is InChI=1S/C30H35ClN2O3S/c1-4-22(2)32-30(35)28(20-23-9-6-5-7-10-23)33(21-24-11-8-12-26(19-24)36-3)29(34)17-18-37-27-15-13-25(31)14-16-27/h5-16,19,22,28H,4,17-18,20-21H2,1-3H3,(H,32,35)/t22-,28-/m0/s1. The molecule has 2 amide bonds. The van der Waals surface area contributed by atoms with Crippen LogP contribution in [0, 0.1) is 0 Å². The first kappa shape index (κ1) is 28.6. The second kappa shape index (κ2) is 14.7. The molecule has 0 saturated carbocycles. The van der Waals surface area contributed by atoms with Crippen molar-refractivity contribution in [2.45, 2.75) is 56.6 Å². The van der Waals surface area contributed by atoms with Gasteiger partial charge in [0, 0.05) is 41.1 Å². The molecule has 2 atom stereocenters. The van der Waals surface area contributed by atoms with Gasteiger partial charge in [-0.3, -0.25) is 9.59 Å². The van der Waals surface area contributed by atoms with Gasteiger partial charge in [0.15, 0.2) is 0 Å². The quantitative estimate of drug-likeness (QED) is 0.256. The van der Waals surface area contributed by atoms with Gasteiger partial charge in [-0.2, -0.15) is 0 Å². The lowest BCUT2D eigenvalue weighted by atomic mass is 10.0. The first-order valence-electron chi connectivity index (χ1n) is 12.5. The first-order valence-corrected chi connectivity index (χ1v) is 13.9. The van der Waals surface area contributed by atoms with Crippen molar-refractivity contribution in [3.05, 3.63) is 95.0 Å². The van der Waals surface area contributed by atoms with Crippen molar-refractivity contribution in [2.75, 3.05) is 12.9 Å². The van der Waals surface area contributed by atoms with E-state index in [1.54, 1.807) is 23.8 Å². The molecule has 7 heteroatoms. The van der Waals surface area contributed by atoms with Crippen LogP contribution in [0.2, 0.25) is 5.02 Å². The number of hydrogen-bond acceptors (Lipinski definition) is 4. The summed E-state index contributed by atoms with van der Waals surface area (Å²) in [7, 11) is 1.62. The Bertz CT molecular complexity index is 1140. The SMILES string of the molecule is CC[C@H](C)NC(=O)[C@H](Cc1ccccc1)N(Cc1cccc(OC)c1)C(=O)CCSc1ccc(Cl)cc1. The number of halogens is 1. The van der Waals surface area contributed by atoms with Crippen molar-refractivity contribution >= 4 is 35.2 Å². The number of thioether (sulfide) groups is 1. The molecule has 0 heterocycles. The zero-order valence-electron chi connectivity index (χ0n) is 21.7. The van der Waals surface area contributed by atoms with E-state index in [-0.39, 0.29) is 17.9 Å². The van der Waals surface area contributed by atoms with Gasteiger partial charge in [0.2, 0.25) is 11.8 Å². The molecule has 196 valence electrons. The molecule has 0 unspecified atom stereocenters. The fraction of sp³-hybridized carbons (Fsp3) is 0.333. The van der Waals surface area contributed by atoms with Crippen LogP contribution in [0.1, 0.15) is 37.8 Å². The summed E-state index contributed by atoms with van der Waals surface area (Å²) in [4.78, 5) is 30.0. The predicted molar refractivity (Wildman–Crippen MR) is 152 cm³/mol. The van der Waals surface area contributed by atoms with Gasteiger partial charge in [-0.1, -0.05) is 61.0 Å². The van der Waals surface area contributed by atoms with Gasteiger partial charge in [0.1, 0.15) is 11.8 Å². The Balaban J connectivity index is 1.86. The van der Waals surface area contributed by atoms with Crippen molar-refractivity contribution in [3.63, 3.8) is 0 Å². The topological polar surface area (TPSA) is 58.6 Å². The molecular weight excluding hydrogens is 504 g/mol. The summed E-state index contributed by atoms with van der Waals surface area (Å²) in [6.45, 7) is 4.33. The van der Waals surface area contributed by atoms with E-state index in [2.05, 4.69) is 5.32 Å². The third-order valence-corrected chi connectivity index (χ3v) is 7.42. The third-order valence-electron chi connectivity index (χ3n) is 6.16. The van der Waals surface area contributed by atoms with Crippen LogP contribution in [0.3, 0.4) is 0 Å². The van der Waals surface area contributed by atoms with Crippen LogP contribution < -0.4 is 10.1 Å². The summed E-state index contributed by atoms with van der Waals surface area (Å²) in [5, 5.41) is 3.79. The van der Waals surface area contributed by atoms with E-state index in [0.717, 1.165) is 22.4 Å². The number of nitrogens with zero attached hydrogens (tertiary/aromatic N) is 1. The van der Waals surface area contributed by atoms with Crippen molar-refractivity contribution in [3.8, 4) is 5.75 Å². The van der Waals surface area contributed by atoms with E-state index in [0.29, 0.717) is 35.9 Å². The number of carbonyl (C=O) groups is 2. The molecule has 0 aliphatic carbocycles. The fourth-order valence-corrected chi connectivity index (χ4v) is 4.86. The number of ether oxygens (including phenoxy) is 1. The predicted octanol–water partition coefficient (Wildman–Crippen LogP) is 6.39. The number of methoxy groups -OCH3 is 1. The van der Waals surface area contributed by atoms with E-state index >= 15 is 0 Å². The number of rotatable bonds is 13. The summed E-state index contributed by atoms with van der Waals surface area (Å²) in [5.41, 5.74) is 1.92. The van der Waals surface area contributed by atoms with E-state index in [4.69, 9.17) is 16.3 Å². The largest absolute Gasteiger partial charge is 0.497 e. The van der Waals surface area contributed by atoms with Crippen molar-refractivity contribution in [1.82, 2.24) is 10.2 Å². The maximum Gasteiger partial charge on any atom is 0.243 e. The minimum atomic E-state index is -0.643. The van der Waals surface area contributed by atoms with E-state index in [1.165, 1.54) is 0 Å². The van der Waals surface area contributed by atoms with Gasteiger partial charge < -0.3 is 15.0 Å². The van der Waals surface area contributed by atoms with Gasteiger partial charge in [0.05, 0.1) is 7.11 Å². The lowest BCUT2D eigenvalue weighted by Gasteiger charge is -2.32. The van der Waals surface area contributed by atoms with Crippen LogP contribution in [0.25, 0.3) is 0 Å². The summed E-state index contributed by atoms with van der Waals surface area (Å²) in [5.74, 6) is 1.11. The lowest BCUT2D eigenvalue weighted by Crippen LogP contribution is -2.52. The summed E-state index contributed by atoms with van der Waals surface area (Å²) in [6, 6.07) is 24.4. The maximum atomic E-state index is 13.7. The van der Waals surface area contributed by atoms with Crippen molar-refractivity contribution < 1.29 is 14.3 Å². The van der Waals surface area contributed by atoms with Crippen LogP contribution in [0.15, 0.2) is 83.8 Å². The molecule has 0 aliphatic rings. The van der Waals surface area contributed by atoms with E-state index in [1.807, 2.05) is 92.7 Å². The minimum Gasteiger partial charge on any atom is -0.497 e. The third kappa shape index (κ3) is 9.13. The Morgan fingerprint density at radius 1 is 1.00 bits per heavy atom. The average Bonchev–Trinajstić information content (AvgIpc) is 2.92. The summed E-state index contributed by atoms with van der Waals surface area (Å²) in [6.07, 6.45) is 1.55. The van der Waals surface area contributed by atoms with Crippen molar-refractivity contribution in [1.29, 1.82) is 0 Å². The summed E-state index contributed by atoms with van der Waals surface area (Å²) >= 11 is 7.60. The van der Waals surface area contributed by atoms with Gasteiger partial charge in [0.25, 0.3) is 0 Å². The molecule has 0 saturated heterocycles. The Hall–Kier alpha value is -2.96. The normalized spacial score (nSPS) is 12.4. The monoisotopic (exact) mass is 538 g/mol. The molecule has 0 fully saturated rings. The van der Waals surface area contributed by atoms with Crippen LogP contribution in [-0.2, 0) is 22.6 Å². The van der Waals surface area contributed by atoms with Crippen LogP contribution in [0.4, 0.5) is 0 Å². The highest BCUT2D eigenvalue weighted by Crippen LogP contribution is 2.23. The van der Waals surface area contributed by atoms with Crippen LogP contribution >= 0.6 is 23.4 Å². The molecule has 3 aromatic rings. The molecule has 1 N–H and O–H groups in total. The second-order valence-electron chi connectivity index (χ2n) is 8.95. The highest BCUT2D eigenvalue weighted by molar-refractivity contribution is 7.99. The van der Waals surface area contributed by atoms with Gasteiger partial charge in [-0.25, -0.2) is 0 Å². The molecule has 0 aliphatic heterocycles. The maximum absolute atomic E-state index is 13.7. The molecule has 3 rings (SSSR count). The highest BCUT2D eigenvalue weighted by Gasteiger charge is 2.30. The van der Waals surface area contributed by atoms with Gasteiger partial charge >= 0.3 is 0 Å². The van der Waals surface area contributed by atoms with Gasteiger partial charge in [-0.15, -0.1) is 11.8 Å². The fourth-order valence-electron chi connectivity index (χ4n) is 3.89. The number of amides is 2. The first-order chi connectivity index (χ1) is 17.9. The van der Waals surface area contributed by atoms with Gasteiger partial charge in [-0.05, 0) is 60.9 Å². The Kier molecular flexibility index (Phi) is 11.4. The van der Waals surface area contributed by atoms with E-state index in [9.17, 15) is 9.59 Å². The zero-order valence-corrected chi connectivity index (χ0v) is 23.2. The number of hydrogen-bond donors (Lipinski definition) is 1. The lowest BCUT2D eigenvalue weighted by molar-refractivity contribution is -0.141. The molecule has 0 bridgehead atoms. The zero-order chi connectivity index (χ0) is 26.6. The molecular formula is C30H35ClN2O3S. The molecule has 5 nitrogen and oxygen atoms in total.